The van der Waals surface area contributed by atoms with Crippen LogP contribution in [0.15, 0.2) is 48.5 Å². The second-order valence-electron chi connectivity index (χ2n) is 5.73. The van der Waals surface area contributed by atoms with Crippen molar-refractivity contribution in [2.75, 3.05) is 11.9 Å². The van der Waals surface area contributed by atoms with E-state index in [1.165, 1.54) is 12.1 Å². The fraction of sp³-hybridized carbons (Fsp3) is 0.143. The Morgan fingerprint density at radius 3 is 2.92 bits per heavy atom. The number of benzene rings is 2. The summed E-state index contributed by atoms with van der Waals surface area (Å²) in [5.74, 6) is 1.43. The number of ether oxygens (including phenoxy) is 1. The van der Waals surface area contributed by atoms with Gasteiger partial charge in [-0.1, -0.05) is 12.1 Å². The molecule has 1 N–H and O–H groups in total. The first kappa shape index (κ1) is 17.4. The third kappa shape index (κ3) is 3.81. The van der Waals surface area contributed by atoms with E-state index < -0.39 is 11.7 Å². The Kier molecular flexibility index (Phi) is 5.14. The molecular weight excluding hydrogens is 331 g/mol. The highest BCUT2D eigenvalue weighted by molar-refractivity contribution is 6.06. The summed E-state index contributed by atoms with van der Waals surface area (Å²) >= 11 is 0. The number of rotatable bonds is 5. The minimum Gasteiger partial charge on any atom is -0.489 e. The third-order valence-electron chi connectivity index (χ3n) is 3.81. The second kappa shape index (κ2) is 7.66. The lowest BCUT2D eigenvalue weighted by Gasteiger charge is -2.11. The van der Waals surface area contributed by atoms with Gasteiger partial charge in [-0.15, -0.1) is 12.3 Å². The number of nitrogens with one attached hydrogen (secondary N) is 1. The Morgan fingerprint density at radius 2 is 2.12 bits per heavy atom. The van der Waals surface area contributed by atoms with Crippen LogP contribution in [-0.4, -0.2) is 17.5 Å². The minimum atomic E-state index is -0.629. The van der Waals surface area contributed by atoms with Crippen molar-refractivity contribution in [3.8, 4) is 18.1 Å². The third-order valence-corrected chi connectivity index (χ3v) is 3.81. The van der Waals surface area contributed by atoms with E-state index in [9.17, 15) is 9.18 Å². The summed E-state index contributed by atoms with van der Waals surface area (Å²) in [6.07, 6.45) is 5.53. The number of hydrogen-bond donors (Lipinski definition) is 1. The van der Waals surface area contributed by atoms with Crippen molar-refractivity contribution in [2.24, 2.45) is 0 Å². The first-order valence-corrected chi connectivity index (χ1v) is 8.12. The van der Waals surface area contributed by atoms with E-state index in [2.05, 4.69) is 16.2 Å². The van der Waals surface area contributed by atoms with E-state index >= 15 is 0 Å². The predicted molar refractivity (Wildman–Crippen MR) is 99.8 cm³/mol. The maximum Gasteiger partial charge on any atom is 0.255 e. The number of pyridine rings is 1. The van der Waals surface area contributed by atoms with E-state index in [0.717, 1.165) is 16.6 Å². The molecule has 0 radical (unpaired) electrons. The number of nitrogens with zero attached hydrogens (tertiary/aromatic N) is 1. The molecule has 0 saturated carbocycles. The molecule has 1 aromatic heterocycles. The zero-order chi connectivity index (χ0) is 18.5. The molecule has 130 valence electrons. The molecule has 0 bridgehead atoms. The maximum atomic E-state index is 14.5. The van der Waals surface area contributed by atoms with E-state index in [0.29, 0.717) is 12.0 Å². The van der Waals surface area contributed by atoms with Crippen LogP contribution in [-0.2, 0) is 0 Å². The van der Waals surface area contributed by atoms with Gasteiger partial charge in [0, 0.05) is 23.1 Å². The van der Waals surface area contributed by atoms with Crippen molar-refractivity contribution in [2.45, 2.75) is 13.3 Å². The summed E-state index contributed by atoms with van der Waals surface area (Å²) in [5, 5.41) is 3.42. The molecule has 0 aliphatic rings. The molecule has 0 aliphatic heterocycles. The van der Waals surface area contributed by atoms with Crippen LogP contribution in [0, 0.1) is 25.1 Å². The van der Waals surface area contributed by atoms with Gasteiger partial charge in [0.25, 0.3) is 5.91 Å². The molecular formula is C21H17FN2O2. The molecule has 0 aliphatic carbocycles. The van der Waals surface area contributed by atoms with Crippen LogP contribution in [0.25, 0.3) is 10.9 Å². The van der Waals surface area contributed by atoms with Crippen molar-refractivity contribution in [1.29, 1.82) is 0 Å². The zero-order valence-electron chi connectivity index (χ0n) is 14.3. The molecule has 3 rings (SSSR count). The molecule has 0 spiro atoms. The van der Waals surface area contributed by atoms with Crippen LogP contribution in [0.4, 0.5) is 10.1 Å². The first-order valence-electron chi connectivity index (χ1n) is 8.12. The van der Waals surface area contributed by atoms with Gasteiger partial charge in [-0.3, -0.25) is 9.78 Å². The van der Waals surface area contributed by atoms with Crippen LogP contribution in [0.3, 0.4) is 0 Å². The van der Waals surface area contributed by atoms with Crippen molar-refractivity contribution in [1.82, 2.24) is 4.98 Å². The summed E-state index contributed by atoms with van der Waals surface area (Å²) in [6.45, 7) is 2.11. The van der Waals surface area contributed by atoms with E-state index in [4.69, 9.17) is 11.2 Å². The number of terminal acetylenes is 1. The normalized spacial score (nSPS) is 10.3. The van der Waals surface area contributed by atoms with Crippen molar-refractivity contribution >= 4 is 22.5 Å². The molecule has 4 nitrogen and oxygen atoms in total. The van der Waals surface area contributed by atoms with Gasteiger partial charge in [0.2, 0.25) is 0 Å². The van der Waals surface area contributed by atoms with E-state index in [1.807, 2.05) is 19.1 Å². The number of anilines is 1. The van der Waals surface area contributed by atoms with Crippen LogP contribution in [0.1, 0.15) is 22.5 Å². The van der Waals surface area contributed by atoms with Gasteiger partial charge in [0.15, 0.2) is 11.6 Å². The van der Waals surface area contributed by atoms with Gasteiger partial charge in [0.05, 0.1) is 17.8 Å². The lowest BCUT2D eigenvalue weighted by molar-refractivity contribution is 0.102. The lowest BCUT2D eigenvalue weighted by Crippen LogP contribution is -2.13. The smallest absolute Gasteiger partial charge is 0.255 e. The average Bonchev–Trinajstić information content (AvgIpc) is 2.64. The Morgan fingerprint density at radius 1 is 1.27 bits per heavy atom. The van der Waals surface area contributed by atoms with Gasteiger partial charge in [0.1, 0.15) is 0 Å². The molecule has 2 aromatic carbocycles. The second-order valence-corrected chi connectivity index (χ2v) is 5.73. The standard InChI is InChI=1S/C21H17FN2O2/c1-3-4-12-26-19-7-5-6-18(20(19)22)24-21(25)16-10-11-17-15(13-16)9-8-14(2)23-17/h1,5-11,13H,4,12H2,2H3,(H,24,25). The van der Waals surface area contributed by atoms with Crippen LogP contribution < -0.4 is 10.1 Å². The molecule has 0 fully saturated rings. The molecule has 3 aromatic rings. The molecule has 1 heterocycles. The summed E-state index contributed by atoms with van der Waals surface area (Å²) < 4.78 is 19.8. The predicted octanol–water partition coefficient (Wildman–Crippen LogP) is 4.34. The van der Waals surface area contributed by atoms with Gasteiger partial charge in [-0.05, 0) is 43.3 Å². The molecule has 0 atom stereocenters. The summed E-state index contributed by atoms with van der Waals surface area (Å²) in [4.78, 5) is 16.9. The van der Waals surface area contributed by atoms with E-state index in [-0.39, 0.29) is 18.0 Å². The number of carbonyl (C=O) groups is 1. The number of fused-ring (bicyclic) bond motifs is 1. The molecule has 0 unspecified atom stereocenters. The largest absolute Gasteiger partial charge is 0.489 e. The Labute approximate surface area is 151 Å². The first-order chi connectivity index (χ1) is 12.6. The van der Waals surface area contributed by atoms with Crippen LogP contribution >= 0.6 is 0 Å². The van der Waals surface area contributed by atoms with Gasteiger partial charge in [-0.25, -0.2) is 4.39 Å². The Bertz CT molecular complexity index is 1010. The van der Waals surface area contributed by atoms with Crippen LogP contribution in [0.2, 0.25) is 0 Å². The minimum absolute atomic E-state index is 0.0512. The number of amides is 1. The van der Waals surface area contributed by atoms with Gasteiger partial charge < -0.3 is 10.1 Å². The molecule has 26 heavy (non-hydrogen) atoms. The number of aryl methyl sites for hydroxylation is 1. The lowest BCUT2D eigenvalue weighted by atomic mass is 10.1. The van der Waals surface area contributed by atoms with Crippen molar-refractivity contribution in [3.63, 3.8) is 0 Å². The molecule has 0 saturated heterocycles. The quantitative estimate of drug-likeness (QED) is 0.551. The van der Waals surface area contributed by atoms with Crippen molar-refractivity contribution < 1.29 is 13.9 Å². The number of aromatic nitrogens is 1. The molecule has 5 heteroatoms. The zero-order valence-corrected chi connectivity index (χ0v) is 14.3. The van der Waals surface area contributed by atoms with Crippen molar-refractivity contribution in [3.05, 3.63) is 65.6 Å². The summed E-state index contributed by atoms with van der Waals surface area (Å²) in [6, 6.07) is 13.5. The Hall–Kier alpha value is -3.39. The summed E-state index contributed by atoms with van der Waals surface area (Å²) in [5.41, 5.74) is 2.17. The van der Waals surface area contributed by atoms with Gasteiger partial charge >= 0.3 is 0 Å². The number of carbonyl (C=O) groups excluding carboxylic acids is 1. The maximum absolute atomic E-state index is 14.5. The average molecular weight is 348 g/mol. The topological polar surface area (TPSA) is 51.2 Å². The highest BCUT2D eigenvalue weighted by atomic mass is 19.1. The Balaban J connectivity index is 1.80. The monoisotopic (exact) mass is 348 g/mol. The number of hydrogen-bond acceptors (Lipinski definition) is 3. The highest BCUT2D eigenvalue weighted by Gasteiger charge is 2.13. The van der Waals surface area contributed by atoms with Crippen LogP contribution in [0.5, 0.6) is 5.75 Å². The fourth-order valence-electron chi connectivity index (χ4n) is 2.50. The number of halogens is 1. The summed E-state index contributed by atoms with van der Waals surface area (Å²) in [7, 11) is 0. The fourth-order valence-corrected chi connectivity index (χ4v) is 2.50. The highest BCUT2D eigenvalue weighted by Crippen LogP contribution is 2.25. The molecule has 1 amide bonds. The SMILES string of the molecule is C#CCCOc1cccc(NC(=O)c2ccc3nc(C)ccc3c2)c1F. The van der Waals surface area contributed by atoms with Gasteiger partial charge in [-0.2, -0.15) is 0 Å². The van der Waals surface area contributed by atoms with E-state index in [1.54, 1.807) is 24.3 Å².